The molecule has 7 rings (SSSR count). The highest BCUT2D eigenvalue weighted by atomic mass is 16.5. The predicted molar refractivity (Wildman–Crippen MR) is 107 cm³/mol. The summed E-state index contributed by atoms with van der Waals surface area (Å²) in [6.45, 7) is 2.01. The van der Waals surface area contributed by atoms with Gasteiger partial charge in [-0.3, -0.25) is 9.88 Å². The molecule has 3 aliphatic carbocycles. The highest BCUT2D eigenvalue weighted by molar-refractivity contribution is 5.64. The van der Waals surface area contributed by atoms with Crippen LogP contribution >= 0.6 is 0 Å². The van der Waals surface area contributed by atoms with Crippen molar-refractivity contribution in [2.45, 2.75) is 55.3 Å². The lowest BCUT2D eigenvalue weighted by atomic mass is 9.49. The molecule has 1 aromatic carbocycles. The van der Waals surface area contributed by atoms with E-state index in [0.717, 1.165) is 48.7 Å². The summed E-state index contributed by atoms with van der Waals surface area (Å²) in [6, 6.07) is 5.75. The third kappa shape index (κ3) is 1.83. The lowest BCUT2D eigenvalue weighted by Crippen LogP contribution is -2.74. The minimum atomic E-state index is -0.959. The van der Waals surface area contributed by atoms with E-state index in [1.165, 1.54) is 18.4 Å². The number of nitrogen functional groups attached to an aromatic ring is 1. The number of rotatable bonds is 2. The number of ether oxygens (including phenoxy) is 1. The van der Waals surface area contributed by atoms with Crippen LogP contribution in [-0.4, -0.2) is 44.8 Å². The second kappa shape index (κ2) is 5.05. The standard InChI is InChI=1S/C23H25N3O3/c24-15-7-14-9-23(28)17-8-13-3-4-16(27)20-18(13)22(23,21(29-20)19(14)25-10-15)5-6-26(17)11-12-1-2-12/h3-4,7,10,12,17,21,27-28H,1-2,5-6,8-9,11,24H2/t17?,21?,22-,23+/m0/s1. The van der Waals surface area contributed by atoms with Crippen LogP contribution < -0.4 is 10.5 Å². The van der Waals surface area contributed by atoms with Gasteiger partial charge in [0.1, 0.15) is 0 Å². The van der Waals surface area contributed by atoms with Gasteiger partial charge in [0.2, 0.25) is 0 Å². The van der Waals surface area contributed by atoms with Crippen LogP contribution in [-0.2, 0) is 18.3 Å². The number of phenols is 1. The molecule has 4 atom stereocenters. The molecule has 6 heteroatoms. The zero-order chi connectivity index (χ0) is 19.5. The molecule has 1 saturated carbocycles. The number of nitrogens with two attached hydrogens (primary N) is 1. The van der Waals surface area contributed by atoms with E-state index in [-0.39, 0.29) is 17.9 Å². The van der Waals surface area contributed by atoms with E-state index >= 15 is 0 Å². The first kappa shape index (κ1) is 16.5. The van der Waals surface area contributed by atoms with Crippen LogP contribution in [0.2, 0.25) is 0 Å². The zero-order valence-corrected chi connectivity index (χ0v) is 16.3. The SMILES string of the molecule is Nc1cnc2c(c1)C[C@@]1(O)C3Cc4ccc(O)c5c4[C@@]1(CCN3CC1CC1)C2O5. The maximum absolute atomic E-state index is 12.5. The highest BCUT2D eigenvalue weighted by Gasteiger charge is 2.72. The van der Waals surface area contributed by atoms with Crippen LogP contribution in [0.4, 0.5) is 5.69 Å². The summed E-state index contributed by atoms with van der Waals surface area (Å²) >= 11 is 0. The molecule has 3 heterocycles. The van der Waals surface area contributed by atoms with Gasteiger partial charge >= 0.3 is 0 Å². The Morgan fingerprint density at radius 1 is 1.28 bits per heavy atom. The second-order valence-electron chi connectivity index (χ2n) is 9.74. The molecule has 4 N–H and O–H groups in total. The Balaban J connectivity index is 1.50. The summed E-state index contributed by atoms with van der Waals surface area (Å²) < 4.78 is 6.44. The number of aliphatic hydroxyl groups is 1. The first-order chi connectivity index (χ1) is 14.0. The van der Waals surface area contributed by atoms with Gasteiger partial charge in [-0.05, 0) is 61.4 Å². The van der Waals surface area contributed by atoms with Crippen molar-refractivity contribution in [1.82, 2.24) is 9.88 Å². The number of aromatic hydroxyl groups is 1. The van der Waals surface area contributed by atoms with Gasteiger partial charge in [-0.15, -0.1) is 0 Å². The van der Waals surface area contributed by atoms with Crippen molar-refractivity contribution in [1.29, 1.82) is 0 Å². The fraction of sp³-hybridized carbons (Fsp3) is 0.522. The number of anilines is 1. The number of piperidine rings is 1. The summed E-state index contributed by atoms with van der Waals surface area (Å²) in [7, 11) is 0. The molecule has 0 amide bonds. The number of pyridine rings is 1. The molecular weight excluding hydrogens is 366 g/mol. The molecule has 1 aromatic heterocycles. The molecule has 1 spiro atoms. The first-order valence-electron chi connectivity index (χ1n) is 10.7. The van der Waals surface area contributed by atoms with Crippen molar-refractivity contribution in [2.75, 3.05) is 18.8 Å². The number of likely N-dealkylation sites (tertiary alicyclic amines) is 1. The molecule has 2 unspecified atom stereocenters. The van der Waals surface area contributed by atoms with Gasteiger partial charge in [-0.1, -0.05) is 6.07 Å². The Bertz CT molecular complexity index is 1070. The fourth-order valence-corrected chi connectivity index (χ4v) is 6.86. The predicted octanol–water partition coefficient (Wildman–Crippen LogP) is 2.07. The smallest absolute Gasteiger partial charge is 0.166 e. The van der Waals surface area contributed by atoms with E-state index in [9.17, 15) is 10.2 Å². The molecule has 5 aliphatic rings. The van der Waals surface area contributed by atoms with E-state index in [2.05, 4.69) is 9.88 Å². The maximum Gasteiger partial charge on any atom is 0.166 e. The van der Waals surface area contributed by atoms with Gasteiger partial charge in [-0.25, -0.2) is 0 Å². The maximum atomic E-state index is 12.5. The van der Waals surface area contributed by atoms with E-state index in [4.69, 9.17) is 10.5 Å². The van der Waals surface area contributed by atoms with Crippen LogP contribution in [0.3, 0.4) is 0 Å². The molecular formula is C23H25N3O3. The monoisotopic (exact) mass is 391 g/mol. The summed E-state index contributed by atoms with van der Waals surface area (Å²) in [6.07, 6.45) is 6.02. The van der Waals surface area contributed by atoms with Gasteiger partial charge in [0.05, 0.1) is 28.6 Å². The van der Waals surface area contributed by atoms with Gasteiger partial charge in [0.15, 0.2) is 17.6 Å². The molecule has 1 saturated heterocycles. The summed E-state index contributed by atoms with van der Waals surface area (Å²) in [5, 5.41) is 23.1. The van der Waals surface area contributed by atoms with Crippen LogP contribution in [0.25, 0.3) is 0 Å². The number of aromatic nitrogens is 1. The van der Waals surface area contributed by atoms with Gasteiger partial charge in [-0.2, -0.15) is 0 Å². The average Bonchev–Trinajstić information content (AvgIpc) is 3.42. The lowest BCUT2D eigenvalue weighted by molar-refractivity contribution is -0.173. The van der Waals surface area contributed by atoms with Crippen molar-refractivity contribution in [3.8, 4) is 11.5 Å². The number of fused-ring (bicyclic) bond motifs is 2. The number of hydrogen-bond acceptors (Lipinski definition) is 6. The third-order valence-corrected chi connectivity index (χ3v) is 8.24. The lowest BCUT2D eigenvalue weighted by Gasteiger charge is -2.62. The van der Waals surface area contributed by atoms with Crippen LogP contribution in [0.1, 0.15) is 47.8 Å². The quantitative estimate of drug-likeness (QED) is 0.726. The van der Waals surface area contributed by atoms with E-state index in [1.807, 2.05) is 12.1 Å². The van der Waals surface area contributed by atoms with Gasteiger partial charge in [0, 0.05) is 24.6 Å². The van der Waals surface area contributed by atoms with Crippen molar-refractivity contribution >= 4 is 5.69 Å². The second-order valence-corrected chi connectivity index (χ2v) is 9.74. The molecule has 150 valence electrons. The Morgan fingerprint density at radius 3 is 2.97 bits per heavy atom. The van der Waals surface area contributed by atoms with E-state index in [0.29, 0.717) is 17.9 Å². The number of phenolic OH excluding ortho intramolecular Hbond substituents is 1. The first-order valence-corrected chi connectivity index (χ1v) is 10.7. The molecule has 2 bridgehead atoms. The van der Waals surface area contributed by atoms with Crippen molar-refractivity contribution in [2.24, 2.45) is 5.92 Å². The van der Waals surface area contributed by atoms with Crippen LogP contribution in [0.15, 0.2) is 24.4 Å². The Morgan fingerprint density at radius 2 is 2.14 bits per heavy atom. The van der Waals surface area contributed by atoms with Crippen LogP contribution in [0.5, 0.6) is 11.5 Å². The molecule has 2 aliphatic heterocycles. The number of hydrogen-bond donors (Lipinski definition) is 3. The number of benzene rings is 1. The molecule has 29 heavy (non-hydrogen) atoms. The summed E-state index contributed by atoms with van der Waals surface area (Å²) in [5.41, 5.74) is 9.20. The normalized spacial score (nSPS) is 36.3. The minimum absolute atomic E-state index is 0.0422. The Kier molecular flexibility index (Phi) is 2.87. The minimum Gasteiger partial charge on any atom is -0.504 e. The summed E-state index contributed by atoms with van der Waals surface area (Å²) in [4.78, 5) is 7.18. The topological polar surface area (TPSA) is 91.8 Å². The average molecular weight is 391 g/mol. The molecule has 2 aromatic rings. The van der Waals surface area contributed by atoms with Crippen molar-refractivity contribution < 1.29 is 14.9 Å². The molecule has 0 radical (unpaired) electrons. The van der Waals surface area contributed by atoms with E-state index < -0.39 is 11.0 Å². The molecule has 6 nitrogen and oxygen atoms in total. The van der Waals surface area contributed by atoms with Gasteiger partial charge in [0.25, 0.3) is 0 Å². The third-order valence-electron chi connectivity index (χ3n) is 8.24. The van der Waals surface area contributed by atoms with Gasteiger partial charge < -0.3 is 20.7 Å². The largest absolute Gasteiger partial charge is 0.504 e. The number of nitrogens with zero attached hydrogens (tertiary/aromatic N) is 2. The molecule has 2 fully saturated rings. The Hall–Kier alpha value is -2.31. The van der Waals surface area contributed by atoms with Crippen LogP contribution in [0, 0.1) is 5.92 Å². The zero-order valence-electron chi connectivity index (χ0n) is 16.3. The van der Waals surface area contributed by atoms with E-state index in [1.54, 1.807) is 12.3 Å². The van der Waals surface area contributed by atoms with Crippen molar-refractivity contribution in [3.63, 3.8) is 0 Å². The fourth-order valence-electron chi connectivity index (χ4n) is 6.86. The summed E-state index contributed by atoms with van der Waals surface area (Å²) in [5.74, 6) is 1.48. The highest BCUT2D eigenvalue weighted by Crippen LogP contribution is 2.68. The Labute approximate surface area is 169 Å². The van der Waals surface area contributed by atoms with Crippen molar-refractivity contribution in [3.05, 3.63) is 46.8 Å².